The van der Waals surface area contributed by atoms with E-state index in [1.807, 2.05) is 0 Å². The molecule has 0 aliphatic carbocycles. The van der Waals surface area contributed by atoms with Gasteiger partial charge < -0.3 is 5.48 Å². The topological polar surface area (TPSA) is 30.0 Å². The van der Waals surface area contributed by atoms with E-state index in [9.17, 15) is 0 Å². The van der Waals surface area contributed by atoms with Crippen LogP contribution in [-0.4, -0.2) is 68.3 Å². The van der Waals surface area contributed by atoms with Crippen LogP contribution in [0, 0.1) is 35.6 Å². The van der Waals surface area contributed by atoms with Crippen molar-refractivity contribution in [2.24, 2.45) is 0 Å². The summed E-state index contributed by atoms with van der Waals surface area (Å²) in [6.07, 6.45) is 0. The molecule has 0 aliphatic heterocycles. The van der Waals surface area contributed by atoms with Gasteiger partial charge in [0, 0.05) is 58.0 Å². The summed E-state index contributed by atoms with van der Waals surface area (Å²) in [7, 11) is 0. The molecule has 0 rings (SSSR count). The van der Waals surface area contributed by atoms with Crippen LogP contribution in [0.25, 0.3) is 0 Å². The zero-order valence-corrected chi connectivity index (χ0v) is 14.2. The van der Waals surface area contributed by atoms with Crippen LogP contribution in [0.1, 0.15) is 0 Å². The van der Waals surface area contributed by atoms with Gasteiger partial charge in [0.1, 0.15) is 0 Å². The van der Waals surface area contributed by atoms with Crippen LogP contribution in [-0.2, 0) is 22.4 Å². The van der Waals surface area contributed by atoms with Gasteiger partial charge in [-0.3, -0.25) is 0 Å². The van der Waals surface area contributed by atoms with E-state index in [-0.39, 0.29) is 126 Å². The average Bonchev–Trinajstić information content (AvgIpc) is 0. The minimum atomic E-state index is 0. The van der Waals surface area contributed by atoms with Crippen LogP contribution >= 0.6 is 0 Å². The molecule has 1 nitrogen and oxygen atoms in total. The first kappa shape index (κ1) is 36.5. The molecule has 0 saturated heterocycles. The molecule has 0 aliphatic rings. The number of hydrogen-bond donors (Lipinski definition) is 0. The standard InChI is InChI=1S/Al.La.H2O.Sr.Ta.4H/h;;1H2;;;;;;/q;;;+1;;;;;/p-1. The molecular weight excluding hydrogens is 450 g/mol. The smallest absolute Gasteiger partial charge is 0 e. The summed E-state index contributed by atoms with van der Waals surface area (Å²) in [6, 6.07) is 0. The molecule has 0 amide bonds. The van der Waals surface area contributed by atoms with Crippen molar-refractivity contribution in [1.29, 1.82) is 0 Å². The first-order chi connectivity index (χ1) is 0. The zero-order valence-electron chi connectivity index (χ0n) is 2.47. The van der Waals surface area contributed by atoms with E-state index in [1.54, 1.807) is 0 Å². The van der Waals surface area contributed by atoms with Gasteiger partial charge in [-0.25, -0.2) is 0 Å². The van der Waals surface area contributed by atoms with E-state index < -0.39 is 0 Å². The molecule has 0 spiro atoms. The van der Waals surface area contributed by atoms with Crippen molar-refractivity contribution in [3.8, 4) is 0 Å². The molecule has 0 fully saturated rings. The maximum Gasteiger partial charge on any atom is 0 e. The Balaban J connectivity index is 0. The average molecular weight is 455 g/mol. The van der Waals surface area contributed by atoms with Gasteiger partial charge in [0.25, 0.3) is 0 Å². The van der Waals surface area contributed by atoms with Crippen LogP contribution in [0.2, 0.25) is 0 Å². The Morgan fingerprint density at radius 2 is 1.00 bits per heavy atom. The fourth-order valence-corrected chi connectivity index (χ4v) is 0. The van der Waals surface area contributed by atoms with Gasteiger partial charge in [0.2, 0.25) is 0 Å². The second kappa shape index (κ2) is 24.7. The quantitative estimate of drug-likeness (QED) is 0.389. The second-order valence-corrected chi connectivity index (χ2v) is 0. The van der Waals surface area contributed by atoms with E-state index in [2.05, 4.69) is 0 Å². The van der Waals surface area contributed by atoms with Crippen LogP contribution in [0.15, 0.2) is 0 Å². The molecule has 0 aromatic rings. The first-order valence-electron chi connectivity index (χ1n) is 0. The van der Waals surface area contributed by atoms with Crippen molar-refractivity contribution < 1.29 is 63.5 Å². The van der Waals surface area contributed by atoms with Crippen molar-refractivity contribution >= 4 is 62.8 Å². The normalized spacial score (nSPS) is 0. The van der Waals surface area contributed by atoms with Gasteiger partial charge in [-0.2, -0.15) is 0 Å². The maximum atomic E-state index is 0. The minimum Gasteiger partial charge on any atom is 0 e. The monoisotopic (exact) mass is 456 g/mol. The number of rotatable bonds is 0. The van der Waals surface area contributed by atoms with E-state index >= 15 is 0 Å². The predicted octanol–water partition coefficient (Wildman–Crippen LogP) is -2.01. The zero-order chi connectivity index (χ0) is 0. The third-order valence-electron chi connectivity index (χ3n) is 0. The van der Waals surface area contributed by atoms with Crippen molar-refractivity contribution in [2.45, 2.75) is 0 Å². The van der Waals surface area contributed by atoms with E-state index in [1.165, 1.54) is 0 Å². The minimum absolute atomic E-state index is 0. The molecule has 0 aromatic heterocycles. The predicted molar refractivity (Wildman–Crippen MR) is 19.0 cm³/mol. The van der Waals surface area contributed by atoms with Gasteiger partial charge in [0.05, 0.1) is 0 Å². The summed E-state index contributed by atoms with van der Waals surface area (Å²) in [5.41, 5.74) is 0. The largest absolute Gasteiger partial charge is 0 e. The van der Waals surface area contributed by atoms with E-state index in [4.69, 9.17) is 0 Å². The fourth-order valence-electron chi connectivity index (χ4n) is 0. The maximum absolute atomic E-state index is 0. The molecule has 0 atom stereocenters. The van der Waals surface area contributed by atoms with Gasteiger partial charge >= 0.3 is 45.5 Å². The summed E-state index contributed by atoms with van der Waals surface area (Å²) < 4.78 is 0. The SMILES string of the molecule is [AlH3].[La].[OH-].[SrH+].[Ta]. The van der Waals surface area contributed by atoms with Gasteiger partial charge in [-0.05, 0) is 0 Å². The molecule has 5 heteroatoms. The third-order valence-corrected chi connectivity index (χ3v) is 0. The molecule has 0 bridgehead atoms. The molecule has 0 aromatic carbocycles. The van der Waals surface area contributed by atoms with Gasteiger partial charge in [-0.1, -0.05) is 0 Å². The molecule has 0 unspecified atom stereocenters. The summed E-state index contributed by atoms with van der Waals surface area (Å²) in [5, 5.41) is 0. The van der Waals surface area contributed by atoms with Crippen LogP contribution in [0.3, 0.4) is 0 Å². The van der Waals surface area contributed by atoms with Crippen LogP contribution in [0.4, 0.5) is 0 Å². The van der Waals surface area contributed by atoms with Crippen LogP contribution in [0.5, 0.6) is 0 Å². The van der Waals surface area contributed by atoms with Crippen molar-refractivity contribution in [2.75, 3.05) is 0 Å². The molecule has 5 heavy (non-hydrogen) atoms. The van der Waals surface area contributed by atoms with Gasteiger partial charge in [0.15, 0.2) is 17.4 Å². The first-order valence-corrected chi connectivity index (χ1v) is 0. The van der Waals surface area contributed by atoms with Crippen molar-refractivity contribution in [1.82, 2.24) is 0 Å². The van der Waals surface area contributed by atoms with E-state index in [0.29, 0.717) is 0 Å². The van der Waals surface area contributed by atoms with Crippen molar-refractivity contribution in [3.05, 3.63) is 0 Å². The Morgan fingerprint density at radius 3 is 1.00 bits per heavy atom. The van der Waals surface area contributed by atoms with Gasteiger partial charge in [-0.15, -0.1) is 0 Å². The van der Waals surface area contributed by atoms with E-state index in [0.717, 1.165) is 0 Å². The number of hydrogen-bond acceptors (Lipinski definition) is 1. The van der Waals surface area contributed by atoms with Crippen molar-refractivity contribution in [3.63, 3.8) is 0 Å². The molecule has 1 N–H and O–H groups in total. The Bertz CT molecular complexity index is 11.6. The molecule has 24 valence electrons. The summed E-state index contributed by atoms with van der Waals surface area (Å²) in [4.78, 5) is 0. The fraction of sp³-hybridized carbons (Fsp3) is 0. The summed E-state index contributed by atoms with van der Waals surface area (Å²) >= 11 is 0. The molecular formula is H5AlLaOSrTa. The molecule has 0 heterocycles. The third kappa shape index (κ3) is 18.1. The summed E-state index contributed by atoms with van der Waals surface area (Å²) in [6.45, 7) is 0. The molecule has 2 radical (unpaired) electrons. The Labute approximate surface area is 123 Å². The second-order valence-electron chi connectivity index (χ2n) is 0. The summed E-state index contributed by atoms with van der Waals surface area (Å²) in [5.74, 6) is 0. The Kier molecular flexibility index (Phi) is 180. The molecule has 0 saturated carbocycles. The Hall–Kier alpha value is 3.91. The Morgan fingerprint density at radius 1 is 1.00 bits per heavy atom. The van der Waals surface area contributed by atoms with Crippen LogP contribution < -0.4 is 0 Å².